The first-order valence-corrected chi connectivity index (χ1v) is 8.28. The number of hydrogen-bond donors (Lipinski definition) is 1. The van der Waals surface area contributed by atoms with Gasteiger partial charge in [-0.1, -0.05) is 76.7 Å². The van der Waals surface area contributed by atoms with Gasteiger partial charge in [0.15, 0.2) is 0 Å². The molecule has 1 aliphatic rings. The van der Waals surface area contributed by atoms with Gasteiger partial charge in [0, 0.05) is 5.92 Å². The van der Waals surface area contributed by atoms with Crippen LogP contribution in [0.25, 0.3) is 0 Å². The van der Waals surface area contributed by atoms with Crippen LogP contribution in [0.3, 0.4) is 0 Å². The van der Waals surface area contributed by atoms with Crippen molar-refractivity contribution in [2.24, 2.45) is 5.92 Å². The summed E-state index contributed by atoms with van der Waals surface area (Å²) in [5.41, 5.74) is 0.852. The van der Waals surface area contributed by atoms with Crippen LogP contribution in [0.4, 0.5) is 0 Å². The zero-order valence-corrected chi connectivity index (χ0v) is 13.1. The SMILES string of the molecule is CCCCC1=CC(CCCC)C(O)(CCCC)C=C1. The Morgan fingerprint density at radius 1 is 1.05 bits per heavy atom. The third-order valence-electron chi connectivity index (χ3n) is 4.26. The molecule has 0 aromatic heterocycles. The van der Waals surface area contributed by atoms with Crippen molar-refractivity contribution >= 4 is 0 Å². The minimum absolute atomic E-state index is 0.329. The van der Waals surface area contributed by atoms with Crippen molar-refractivity contribution < 1.29 is 5.11 Å². The second kappa shape index (κ2) is 8.58. The van der Waals surface area contributed by atoms with Crippen LogP contribution in [0.5, 0.6) is 0 Å². The van der Waals surface area contributed by atoms with E-state index in [1.807, 2.05) is 0 Å². The second-order valence-corrected chi connectivity index (χ2v) is 6.02. The van der Waals surface area contributed by atoms with Gasteiger partial charge in [0.2, 0.25) is 0 Å². The van der Waals surface area contributed by atoms with Gasteiger partial charge >= 0.3 is 0 Å². The van der Waals surface area contributed by atoms with Crippen LogP contribution in [-0.4, -0.2) is 10.7 Å². The molecule has 1 aliphatic carbocycles. The van der Waals surface area contributed by atoms with Crippen LogP contribution in [0.2, 0.25) is 0 Å². The normalized spacial score (nSPS) is 26.5. The standard InChI is InChI=1S/C18H32O/c1-4-7-10-16-12-14-18(19,13-9-6-3)17(15-16)11-8-5-2/h12,14-15,17,19H,4-11,13H2,1-3H3. The highest BCUT2D eigenvalue weighted by Crippen LogP contribution is 2.36. The molecule has 0 radical (unpaired) electrons. The lowest BCUT2D eigenvalue weighted by atomic mass is 9.75. The van der Waals surface area contributed by atoms with E-state index >= 15 is 0 Å². The summed E-state index contributed by atoms with van der Waals surface area (Å²) < 4.78 is 0. The third-order valence-corrected chi connectivity index (χ3v) is 4.26. The Morgan fingerprint density at radius 2 is 1.74 bits per heavy atom. The summed E-state index contributed by atoms with van der Waals surface area (Å²) in [5.74, 6) is 0.329. The summed E-state index contributed by atoms with van der Waals surface area (Å²) in [4.78, 5) is 0. The molecular weight excluding hydrogens is 232 g/mol. The first kappa shape index (κ1) is 16.5. The highest BCUT2D eigenvalue weighted by molar-refractivity contribution is 5.30. The Balaban J connectivity index is 2.71. The third kappa shape index (κ3) is 5.14. The van der Waals surface area contributed by atoms with Crippen LogP contribution in [0.1, 0.15) is 78.6 Å². The molecule has 19 heavy (non-hydrogen) atoms. The lowest BCUT2D eigenvalue weighted by Gasteiger charge is -2.35. The lowest BCUT2D eigenvalue weighted by molar-refractivity contribution is 0.0308. The maximum atomic E-state index is 10.9. The van der Waals surface area contributed by atoms with Crippen molar-refractivity contribution in [1.82, 2.24) is 0 Å². The molecule has 0 amide bonds. The van der Waals surface area contributed by atoms with Crippen molar-refractivity contribution in [2.75, 3.05) is 0 Å². The summed E-state index contributed by atoms with van der Waals surface area (Å²) in [6, 6.07) is 0. The zero-order chi connectivity index (χ0) is 14.1. The number of unbranched alkanes of at least 4 members (excludes halogenated alkanes) is 3. The molecule has 2 unspecified atom stereocenters. The number of allylic oxidation sites excluding steroid dienone is 2. The molecule has 110 valence electrons. The molecule has 0 fully saturated rings. The Bertz CT molecular complexity index is 303. The maximum Gasteiger partial charge on any atom is 0.0893 e. The topological polar surface area (TPSA) is 20.2 Å². The number of hydrogen-bond acceptors (Lipinski definition) is 1. The Hall–Kier alpha value is -0.560. The van der Waals surface area contributed by atoms with E-state index in [1.165, 1.54) is 37.7 Å². The molecule has 1 rings (SSSR count). The molecule has 0 aromatic carbocycles. The van der Waals surface area contributed by atoms with Crippen LogP contribution >= 0.6 is 0 Å². The Kier molecular flexibility index (Phi) is 7.45. The van der Waals surface area contributed by atoms with E-state index in [-0.39, 0.29) is 0 Å². The van der Waals surface area contributed by atoms with Gasteiger partial charge in [0.05, 0.1) is 5.60 Å². The van der Waals surface area contributed by atoms with E-state index in [2.05, 4.69) is 39.0 Å². The van der Waals surface area contributed by atoms with Gasteiger partial charge in [-0.2, -0.15) is 0 Å². The minimum atomic E-state index is -0.582. The fourth-order valence-corrected chi connectivity index (χ4v) is 2.87. The fraction of sp³-hybridized carbons (Fsp3) is 0.778. The van der Waals surface area contributed by atoms with Gasteiger partial charge in [-0.15, -0.1) is 0 Å². The molecule has 1 nitrogen and oxygen atoms in total. The van der Waals surface area contributed by atoms with E-state index in [0.717, 1.165) is 25.7 Å². The second-order valence-electron chi connectivity index (χ2n) is 6.02. The Labute approximate surface area is 119 Å². The van der Waals surface area contributed by atoms with E-state index < -0.39 is 5.60 Å². The number of aliphatic hydroxyl groups is 1. The maximum absolute atomic E-state index is 10.9. The van der Waals surface area contributed by atoms with Gasteiger partial charge in [-0.05, 0) is 25.7 Å². The highest BCUT2D eigenvalue weighted by Gasteiger charge is 2.33. The van der Waals surface area contributed by atoms with Crippen molar-refractivity contribution in [1.29, 1.82) is 0 Å². The molecule has 0 aromatic rings. The molecule has 0 bridgehead atoms. The molecule has 1 N–H and O–H groups in total. The minimum Gasteiger partial charge on any atom is -0.385 e. The van der Waals surface area contributed by atoms with E-state index in [4.69, 9.17) is 0 Å². The summed E-state index contributed by atoms with van der Waals surface area (Å²) >= 11 is 0. The van der Waals surface area contributed by atoms with E-state index in [1.54, 1.807) is 0 Å². The zero-order valence-electron chi connectivity index (χ0n) is 13.1. The van der Waals surface area contributed by atoms with Crippen molar-refractivity contribution in [3.8, 4) is 0 Å². The van der Waals surface area contributed by atoms with Crippen LogP contribution < -0.4 is 0 Å². The summed E-state index contributed by atoms with van der Waals surface area (Å²) in [5, 5.41) is 10.9. The van der Waals surface area contributed by atoms with E-state index in [9.17, 15) is 5.11 Å². The van der Waals surface area contributed by atoms with Gasteiger partial charge in [-0.25, -0.2) is 0 Å². The first-order valence-electron chi connectivity index (χ1n) is 8.28. The summed E-state index contributed by atoms with van der Waals surface area (Å²) in [6.45, 7) is 6.66. The summed E-state index contributed by atoms with van der Waals surface area (Å²) in [6.07, 6.45) is 17.0. The Morgan fingerprint density at radius 3 is 2.37 bits per heavy atom. The monoisotopic (exact) mass is 264 g/mol. The largest absolute Gasteiger partial charge is 0.385 e. The van der Waals surface area contributed by atoms with Crippen LogP contribution in [-0.2, 0) is 0 Å². The van der Waals surface area contributed by atoms with Crippen LogP contribution in [0.15, 0.2) is 23.8 Å². The van der Waals surface area contributed by atoms with Gasteiger partial charge in [-0.3, -0.25) is 0 Å². The molecule has 0 saturated carbocycles. The van der Waals surface area contributed by atoms with Gasteiger partial charge in [0.1, 0.15) is 0 Å². The molecule has 0 heterocycles. The summed E-state index contributed by atoms with van der Waals surface area (Å²) in [7, 11) is 0. The molecule has 0 aliphatic heterocycles. The predicted molar refractivity (Wildman–Crippen MR) is 84.2 cm³/mol. The quantitative estimate of drug-likeness (QED) is 0.591. The van der Waals surface area contributed by atoms with Crippen molar-refractivity contribution in [3.05, 3.63) is 23.8 Å². The molecular formula is C18H32O. The van der Waals surface area contributed by atoms with E-state index in [0.29, 0.717) is 5.92 Å². The van der Waals surface area contributed by atoms with Gasteiger partial charge in [0.25, 0.3) is 0 Å². The van der Waals surface area contributed by atoms with Crippen molar-refractivity contribution in [2.45, 2.75) is 84.2 Å². The van der Waals surface area contributed by atoms with Crippen molar-refractivity contribution in [3.63, 3.8) is 0 Å². The average molecular weight is 264 g/mol. The first-order chi connectivity index (χ1) is 9.16. The predicted octanol–water partition coefficient (Wildman–Crippen LogP) is 5.40. The highest BCUT2D eigenvalue weighted by atomic mass is 16.3. The average Bonchev–Trinajstić information content (AvgIpc) is 2.43. The lowest BCUT2D eigenvalue weighted by Crippen LogP contribution is -2.36. The molecule has 0 spiro atoms. The molecule has 1 heteroatoms. The van der Waals surface area contributed by atoms with Gasteiger partial charge < -0.3 is 5.11 Å². The molecule has 2 atom stereocenters. The molecule has 0 saturated heterocycles. The number of rotatable bonds is 9. The van der Waals surface area contributed by atoms with Crippen LogP contribution in [0, 0.1) is 5.92 Å². The smallest absolute Gasteiger partial charge is 0.0893 e. The fourth-order valence-electron chi connectivity index (χ4n) is 2.87.